The van der Waals surface area contributed by atoms with Gasteiger partial charge in [0, 0.05) is 150 Å². The summed E-state index contributed by atoms with van der Waals surface area (Å²) in [6.07, 6.45) is 9.15. The molecule has 0 saturated carbocycles. The minimum absolute atomic E-state index is 0.195. The zero-order valence-corrected chi connectivity index (χ0v) is 73.0. The highest BCUT2D eigenvalue weighted by Crippen LogP contribution is 2.52. The quantitative estimate of drug-likeness (QED) is 0.0658. The molecule has 8 fully saturated rings. The molecule has 0 aromatic carbocycles. The monoisotopic (exact) mass is 1520 g/mol. The standard InChI is InChI=1S/C80H150N20O8/c1-65(2)35-51(36-66(3,4)93(65)101)89(52-37-67(5,6)94(102)68(7,8)38-52)61-83-59(84-62(87-61)90(53-39-69(9,10)95(103)70(11,12)40-53)54-41-71(13,14)96(104)72(15,16)42-54)81-33-34-82-60-85-63(91(55-43-73(17,18)97(105)74(19,20)44-55)56-45-75(21,22)98(106)76(23,24)46-56)88-64(86-60)92(57-47-77(25,26)99(107)78(27,28)48-57)58-49-79(29,30)100(108)80(31,32)50-58/h51-58,101-108H,33-50H2,1-32H3,(H,81,83,84,87)(H,82,85,86,88). The number of aromatic nitrogens is 6. The molecule has 8 aliphatic heterocycles. The van der Waals surface area contributed by atoms with Crippen LogP contribution in [0.2, 0.25) is 0 Å². The van der Waals surface area contributed by atoms with Crippen LogP contribution in [-0.4, -0.2) is 262 Å². The van der Waals surface area contributed by atoms with E-state index < -0.39 is 88.6 Å². The molecule has 618 valence electrons. The van der Waals surface area contributed by atoms with Crippen LogP contribution in [0.25, 0.3) is 0 Å². The molecule has 10 rings (SSSR count). The molecule has 28 heteroatoms. The molecule has 2 aromatic rings. The van der Waals surface area contributed by atoms with Crippen LogP contribution in [0.15, 0.2) is 0 Å². The predicted octanol–water partition coefficient (Wildman–Crippen LogP) is 14.1. The molecule has 0 amide bonds. The summed E-state index contributed by atoms with van der Waals surface area (Å²) in [5, 5.41) is 116. The second-order valence-electron chi connectivity index (χ2n) is 45.0. The van der Waals surface area contributed by atoms with E-state index in [-0.39, 0.29) is 61.4 Å². The second kappa shape index (κ2) is 28.0. The van der Waals surface area contributed by atoms with Gasteiger partial charge in [-0.15, -0.1) is 0 Å². The Bertz CT molecular complexity index is 2790. The van der Waals surface area contributed by atoms with Gasteiger partial charge >= 0.3 is 0 Å². The van der Waals surface area contributed by atoms with Crippen LogP contribution in [0.3, 0.4) is 0 Å². The number of piperidine rings is 8. The Morgan fingerprint density at radius 2 is 0.315 bits per heavy atom. The topological polar surface area (TPSA) is 302 Å². The average molecular weight is 1520 g/mol. The summed E-state index contributed by atoms with van der Waals surface area (Å²) >= 11 is 0. The zero-order chi connectivity index (χ0) is 81.4. The summed E-state index contributed by atoms with van der Waals surface area (Å²) in [6, 6.07) is -1.56. The summed E-state index contributed by atoms with van der Waals surface area (Å²) < 4.78 is 0. The summed E-state index contributed by atoms with van der Waals surface area (Å²) in [4.78, 5) is 43.8. The van der Waals surface area contributed by atoms with E-state index in [1.807, 2.05) is 0 Å². The van der Waals surface area contributed by atoms with Crippen LogP contribution in [0.4, 0.5) is 35.7 Å². The van der Waals surface area contributed by atoms with Gasteiger partial charge in [-0.25, -0.2) is 0 Å². The Morgan fingerprint density at radius 1 is 0.213 bits per heavy atom. The molecule has 28 nitrogen and oxygen atoms in total. The maximum Gasteiger partial charge on any atom is 0.232 e. The van der Waals surface area contributed by atoms with Crippen molar-refractivity contribution in [3.8, 4) is 0 Å². The summed E-state index contributed by atoms with van der Waals surface area (Å²) in [5.41, 5.74) is -10.7. The van der Waals surface area contributed by atoms with Crippen LogP contribution in [-0.2, 0) is 0 Å². The highest BCUT2D eigenvalue weighted by Gasteiger charge is 2.59. The lowest BCUT2D eigenvalue weighted by molar-refractivity contribution is -0.251. The Kier molecular flexibility index (Phi) is 22.4. The largest absolute Gasteiger partial charge is 0.352 e. The van der Waals surface area contributed by atoms with E-state index in [4.69, 9.17) is 29.9 Å². The molecule has 2 aromatic heterocycles. The first-order chi connectivity index (χ1) is 48.6. The number of anilines is 6. The first kappa shape index (κ1) is 86.6. The zero-order valence-electron chi connectivity index (χ0n) is 73.0. The van der Waals surface area contributed by atoms with Crippen molar-refractivity contribution >= 4 is 35.7 Å². The number of hydroxylamine groups is 16. The van der Waals surface area contributed by atoms with Gasteiger partial charge in [0.05, 0.1) is 0 Å². The third-order valence-electron chi connectivity index (χ3n) is 26.9. The van der Waals surface area contributed by atoms with Crippen molar-refractivity contribution in [1.29, 1.82) is 0 Å². The van der Waals surface area contributed by atoms with Crippen LogP contribution >= 0.6 is 0 Å². The van der Waals surface area contributed by atoms with Gasteiger partial charge in [-0.3, -0.25) is 0 Å². The van der Waals surface area contributed by atoms with Crippen LogP contribution in [0.5, 0.6) is 0 Å². The van der Waals surface area contributed by atoms with E-state index in [2.05, 4.69) is 252 Å². The van der Waals surface area contributed by atoms with Gasteiger partial charge in [0.25, 0.3) is 0 Å². The van der Waals surface area contributed by atoms with E-state index >= 15 is 0 Å². The lowest BCUT2D eigenvalue weighted by atomic mass is 9.74. The molecule has 108 heavy (non-hydrogen) atoms. The van der Waals surface area contributed by atoms with Crippen molar-refractivity contribution in [2.24, 2.45) is 0 Å². The predicted molar refractivity (Wildman–Crippen MR) is 425 cm³/mol. The second-order valence-corrected chi connectivity index (χ2v) is 45.0. The van der Waals surface area contributed by atoms with Crippen molar-refractivity contribution in [3.05, 3.63) is 0 Å². The van der Waals surface area contributed by atoms with Gasteiger partial charge in [-0.05, 0) is 324 Å². The Labute approximate surface area is 649 Å². The fourth-order valence-corrected chi connectivity index (χ4v) is 23.5. The molecule has 0 bridgehead atoms. The highest BCUT2D eigenvalue weighted by molar-refractivity contribution is 5.52. The molecule has 10 N–H and O–H groups in total. The fraction of sp³-hybridized carbons (Fsp3) is 0.925. The molecule has 8 aliphatic rings. The fourth-order valence-electron chi connectivity index (χ4n) is 23.5. The molecular weight excluding hydrogens is 1370 g/mol. The normalized spacial score (nSPS) is 29.4. The van der Waals surface area contributed by atoms with Gasteiger partial charge in [0.15, 0.2) is 0 Å². The molecule has 0 radical (unpaired) electrons. The average Bonchev–Trinajstić information content (AvgIpc) is 0.741. The Hall–Kier alpha value is -3.82. The smallest absolute Gasteiger partial charge is 0.232 e. The van der Waals surface area contributed by atoms with Crippen molar-refractivity contribution in [3.63, 3.8) is 0 Å². The minimum atomic E-state index is -0.668. The number of hydrogen-bond acceptors (Lipinski definition) is 28. The number of rotatable bonds is 17. The minimum Gasteiger partial charge on any atom is -0.352 e. The maximum atomic E-state index is 12.0. The summed E-state index contributed by atoms with van der Waals surface area (Å²) in [6.45, 7) is 67.5. The highest BCUT2D eigenvalue weighted by atomic mass is 16.5. The van der Waals surface area contributed by atoms with Crippen molar-refractivity contribution in [1.82, 2.24) is 70.4 Å². The third-order valence-corrected chi connectivity index (χ3v) is 26.9. The number of nitrogens with one attached hydrogen (secondary N) is 2. The molecule has 10 heterocycles. The molecule has 0 aliphatic carbocycles. The Morgan fingerprint density at radius 3 is 0.417 bits per heavy atom. The van der Waals surface area contributed by atoms with Crippen molar-refractivity contribution < 1.29 is 41.7 Å². The van der Waals surface area contributed by atoms with Gasteiger partial charge in [-0.1, -0.05) is 0 Å². The molecular formula is C80H150N20O8. The number of hydrogen-bond donors (Lipinski definition) is 10. The van der Waals surface area contributed by atoms with E-state index in [1.54, 1.807) is 0 Å². The molecule has 0 spiro atoms. The molecule has 8 saturated heterocycles. The van der Waals surface area contributed by atoms with E-state index in [0.717, 1.165) is 0 Å². The van der Waals surface area contributed by atoms with Crippen molar-refractivity contribution in [2.75, 3.05) is 43.3 Å². The SMILES string of the molecule is CC1(C)CC(N(c2nc(NCCNc3nc(N(C4CC(C)(C)N(O)C(C)(C)C4)C4CC(C)(C)N(O)C(C)(C)C4)nc(N(C4CC(C)(C)N(O)C(C)(C)C4)C4CC(C)(C)N(O)C(C)(C)C4)n3)nc(N(C3CC(C)(C)N(O)C(C)(C)C3)C3CC(C)(C)N(O)C(C)(C)C3)n2)C2CC(C)(C)N(O)C(C)(C)C2)CC(C)(C)N1O. The van der Waals surface area contributed by atoms with Crippen molar-refractivity contribution in [2.45, 2.75) is 461 Å². The lowest BCUT2D eigenvalue weighted by Crippen LogP contribution is -2.68. The lowest BCUT2D eigenvalue weighted by Gasteiger charge is -2.59. The van der Waals surface area contributed by atoms with E-state index in [1.165, 1.54) is 40.5 Å². The first-order valence-electron chi connectivity index (χ1n) is 40.7. The van der Waals surface area contributed by atoms with Gasteiger partial charge < -0.3 is 71.9 Å². The Balaban J connectivity index is 1.17. The number of nitrogens with zero attached hydrogens (tertiary/aromatic N) is 18. The first-order valence-corrected chi connectivity index (χ1v) is 40.7. The van der Waals surface area contributed by atoms with Crippen LogP contribution in [0, 0.1) is 0 Å². The molecule has 0 atom stereocenters. The third kappa shape index (κ3) is 16.6. The maximum absolute atomic E-state index is 12.0. The van der Waals surface area contributed by atoms with E-state index in [9.17, 15) is 41.7 Å². The summed E-state index contributed by atoms with van der Waals surface area (Å²) in [7, 11) is 0. The van der Waals surface area contributed by atoms with Gasteiger partial charge in [-0.2, -0.15) is 70.4 Å². The van der Waals surface area contributed by atoms with Crippen LogP contribution < -0.4 is 30.2 Å². The molecule has 0 unspecified atom stereocenters. The van der Waals surface area contributed by atoms with E-state index in [0.29, 0.717) is 138 Å². The van der Waals surface area contributed by atoms with Crippen LogP contribution in [0.1, 0.15) is 324 Å². The van der Waals surface area contributed by atoms with Gasteiger partial charge in [0.2, 0.25) is 35.7 Å². The van der Waals surface area contributed by atoms with Gasteiger partial charge in [0.1, 0.15) is 0 Å². The summed E-state index contributed by atoms with van der Waals surface area (Å²) in [5.74, 6) is 2.59.